The van der Waals surface area contributed by atoms with E-state index < -0.39 is 16.0 Å². The first-order valence-electron chi connectivity index (χ1n) is 8.76. The summed E-state index contributed by atoms with van der Waals surface area (Å²) >= 11 is 1.39. The van der Waals surface area contributed by atoms with Crippen LogP contribution in [0.1, 0.15) is 16.1 Å². The Morgan fingerprint density at radius 2 is 1.83 bits per heavy atom. The molecule has 3 aromatic rings. The third-order valence-electron chi connectivity index (χ3n) is 4.21. The lowest BCUT2D eigenvalue weighted by Crippen LogP contribution is -2.18. The van der Waals surface area contributed by atoms with Crippen LogP contribution in [0.5, 0.6) is 11.5 Å². The van der Waals surface area contributed by atoms with Crippen LogP contribution in [-0.4, -0.2) is 40.6 Å². The molecule has 30 heavy (non-hydrogen) atoms. The molecule has 2 aromatic carbocycles. The van der Waals surface area contributed by atoms with Crippen molar-refractivity contribution in [3.63, 3.8) is 0 Å². The lowest BCUT2D eigenvalue weighted by molar-refractivity contribution is 0.0468. The van der Waals surface area contributed by atoms with Gasteiger partial charge in [0.2, 0.25) is 10.0 Å². The Bertz CT molecular complexity index is 1140. The second-order valence-corrected chi connectivity index (χ2v) is 8.74. The molecule has 158 valence electrons. The number of nitrogens with zero attached hydrogens (tertiary/aromatic N) is 1. The van der Waals surface area contributed by atoms with Crippen LogP contribution in [0.4, 0.5) is 0 Å². The molecule has 0 saturated heterocycles. The number of sulfonamides is 1. The Hall–Kier alpha value is -2.95. The second-order valence-electron chi connectivity index (χ2n) is 5.99. The number of hydrogen-bond donors (Lipinski definition) is 1. The lowest BCUT2D eigenvalue weighted by Gasteiger charge is -2.10. The van der Waals surface area contributed by atoms with Crippen LogP contribution >= 0.6 is 11.3 Å². The number of methoxy groups -OCH3 is 2. The number of hydrogen-bond acceptors (Lipinski definition) is 8. The lowest BCUT2D eigenvalue weighted by atomic mass is 10.2. The molecule has 0 saturated carbocycles. The van der Waals surface area contributed by atoms with Crippen molar-refractivity contribution in [3.8, 4) is 22.1 Å². The van der Waals surface area contributed by atoms with Gasteiger partial charge < -0.3 is 14.2 Å². The van der Waals surface area contributed by atoms with Crippen LogP contribution in [0.15, 0.2) is 52.7 Å². The first-order chi connectivity index (χ1) is 14.4. The summed E-state index contributed by atoms with van der Waals surface area (Å²) in [6, 6.07) is 11.0. The number of rotatable bonds is 8. The van der Waals surface area contributed by atoms with Crippen LogP contribution in [0.3, 0.4) is 0 Å². The minimum absolute atomic E-state index is 0.0157. The first-order valence-corrected chi connectivity index (χ1v) is 11.1. The zero-order valence-electron chi connectivity index (χ0n) is 16.5. The fourth-order valence-corrected chi connectivity index (χ4v) is 4.22. The predicted molar refractivity (Wildman–Crippen MR) is 112 cm³/mol. The van der Waals surface area contributed by atoms with Crippen LogP contribution in [0.25, 0.3) is 10.6 Å². The average molecular weight is 449 g/mol. The zero-order chi connectivity index (χ0) is 21.7. The Balaban J connectivity index is 1.70. The van der Waals surface area contributed by atoms with Gasteiger partial charge in [-0.25, -0.2) is 22.9 Å². The highest BCUT2D eigenvalue weighted by Gasteiger charge is 2.16. The van der Waals surface area contributed by atoms with Crippen molar-refractivity contribution < 1.29 is 27.4 Å². The maximum absolute atomic E-state index is 12.3. The number of carbonyl (C=O) groups excluding carboxylic acids is 1. The third kappa shape index (κ3) is 4.61. The van der Waals surface area contributed by atoms with Crippen molar-refractivity contribution in [1.29, 1.82) is 0 Å². The van der Waals surface area contributed by atoms with Crippen LogP contribution < -0.4 is 14.2 Å². The number of thiazole rings is 1. The molecule has 0 bridgehead atoms. The summed E-state index contributed by atoms with van der Waals surface area (Å²) in [7, 11) is 0.885. The van der Waals surface area contributed by atoms with Crippen molar-refractivity contribution in [2.75, 3.05) is 21.3 Å². The van der Waals surface area contributed by atoms with E-state index in [0.717, 1.165) is 5.56 Å². The quantitative estimate of drug-likeness (QED) is 0.528. The molecule has 1 heterocycles. The Morgan fingerprint density at radius 3 is 2.47 bits per heavy atom. The monoisotopic (exact) mass is 448 g/mol. The molecule has 8 nitrogen and oxygen atoms in total. The molecular weight excluding hydrogens is 428 g/mol. The molecule has 10 heteroatoms. The number of para-hydroxylation sites is 1. The van der Waals surface area contributed by atoms with Gasteiger partial charge in [-0.2, -0.15) is 0 Å². The molecule has 0 atom stereocenters. The van der Waals surface area contributed by atoms with Crippen LogP contribution in [0.2, 0.25) is 0 Å². The molecule has 0 aliphatic rings. The first kappa shape index (κ1) is 21.8. The summed E-state index contributed by atoms with van der Waals surface area (Å²) in [6.45, 7) is -0.0157. The van der Waals surface area contributed by atoms with E-state index in [1.807, 2.05) is 12.1 Å². The number of esters is 1. The molecular formula is C20H20N2O6S2. The summed E-state index contributed by atoms with van der Waals surface area (Å²) in [5.41, 5.74) is 1.61. The van der Waals surface area contributed by atoms with E-state index in [1.165, 1.54) is 42.6 Å². The van der Waals surface area contributed by atoms with Crippen molar-refractivity contribution in [2.24, 2.45) is 0 Å². The third-order valence-corrected chi connectivity index (χ3v) is 6.56. The molecule has 0 fully saturated rings. The van der Waals surface area contributed by atoms with E-state index >= 15 is 0 Å². The minimum Gasteiger partial charge on any atom is -0.493 e. The summed E-state index contributed by atoms with van der Waals surface area (Å²) in [5, 5.41) is 2.50. The van der Waals surface area contributed by atoms with E-state index in [9.17, 15) is 13.2 Å². The van der Waals surface area contributed by atoms with Crippen LogP contribution in [-0.2, 0) is 21.4 Å². The van der Waals surface area contributed by atoms with Crippen molar-refractivity contribution in [1.82, 2.24) is 9.71 Å². The normalized spacial score (nSPS) is 11.2. The van der Waals surface area contributed by atoms with Gasteiger partial charge in [0.25, 0.3) is 0 Å². The molecule has 0 aliphatic heterocycles. The number of ether oxygens (including phenoxy) is 3. The summed E-state index contributed by atoms with van der Waals surface area (Å²) < 4.78 is 41.8. The van der Waals surface area contributed by atoms with Gasteiger partial charge in [0.05, 0.1) is 35.9 Å². The summed E-state index contributed by atoms with van der Waals surface area (Å²) in [5.74, 6) is 0.605. The van der Waals surface area contributed by atoms with Gasteiger partial charge in [-0.05, 0) is 43.4 Å². The number of nitrogens with one attached hydrogen (secondary N) is 1. The van der Waals surface area contributed by atoms with E-state index in [-0.39, 0.29) is 17.1 Å². The highest BCUT2D eigenvalue weighted by atomic mass is 32.2. The second kappa shape index (κ2) is 9.24. The van der Waals surface area contributed by atoms with Gasteiger partial charge in [-0.1, -0.05) is 6.07 Å². The predicted octanol–water partition coefficient (Wildman–Crippen LogP) is 3.09. The zero-order valence-corrected chi connectivity index (χ0v) is 18.2. The fourth-order valence-electron chi connectivity index (χ4n) is 2.66. The standard InChI is InChI=1S/C20H20N2O6S2/c1-21-30(24,25)15-9-7-13(8-10-15)20(23)28-11-14-12-29-19(22-14)16-5-4-6-17(26-2)18(16)27-3/h4-10,12,21H,11H2,1-3H3. The topological polar surface area (TPSA) is 104 Å². The minimum atomic E-state index is -3.56. The molecule has 0 radical (unpaired) electrons. The highest BCUT2D eigenvalue weighted by Crippen LogP contribution is 2.39. The molecule has 3 rings (SSSR count). The fraction of sp³-hybridized carbons (Fsp3) is 0.200. The van der Waals surface area contributed by atoms with E-state index in [1.54, 1.807) is 25.7 Å². The highest BCUT2D eigenvalue weighted by molar-refractivity contribution is 7.89. The van der Waals surface area contributed by atoms with E-state index in [2.05, 4.69) is 9.71 Å². The van der Waals surface area contributed by atoms with Gasteiger partial charge in [-0.15, -0.1) is 11.3 Å². The Labute approximate surface area is 178 Å². The van der Waals surface area contributed by atoms with Gasteiger partial charge in [0, 0.05) is 5.38 Å². The maximum Gasteiger partial charge on any atom is 0.338 e. The van der Waals surface area contributed by atoms with Crippen molar-refractivity contribution in [3.05, 3.63) is 59.1 Å². The average Bonchev–Trinajstić information content (AvgIpc) is 3.25. The Morgan fingerprint density at radius 1 is 1.10 bits per heavy atom. The molecule has 0 unspecified atom stereocenters. The smallest absolute Gasteiger partial charge is 0.338 e. The SMILES string of the molecule is CNS(=O)(=O)c1ccc(C(=O)OCc2csc(-c3cccc(OC)c3OC)n2)cc1. The summed E-state index contributed by atoms with van der Waals surface area (Å²) in [4.78, 5) is 16.8. The number of carbonyl (C=O) groups is 1. The van der Waals surface area contributed by atoms with E-state index in [4.69, 9.17) is 14.2 Å². The van der Waals surface area contributed by atoms with Crippen LogP contribution in [0, 0.1) is 0 Å². The Kier molecular flexibility index (Phi) is 6.70. The van der Waals surface area contributed by atoms with Crippen molar-refractivity contribution >= 4 is 27.3 Å². The summed E-state index contributed by atoms with van der Waals surface area (Å²) in [6.07, 6.45) is 0. The molecule has 0 spiro atoms. The van der Waals surface area contributed by atoms with Gasteiger partial charge in [0.15, 0.2) is 11.5 Å². The molecule has 0 amide bonds. The maximum atomic E-state index is 12.3. The van der Waals surface area contributed by atoms with Crippen molar-refractivity contribution in [2.45, 2.75) is 11.5 Å². The number of aromatic nitrogens is 1. The van der Waals surface area contributed by atoms with Gasteiger partial charge in [0.1, 0.15) is 11.6 Å². The largest absolute Gasteiger partial charge is 0.493 e. The number of benzene rings is 2. The molecule has 1 aromatic heterocycles. The molecule has 1 N–H and O–H groups in total. The molecule has 0 aliphatic carbocycles. The van der Waals surface area contributed by atoms with E-state index in [0.29, 0.717) is 22.2 Å². The van der Waals surface area contributed by atoms with Gasteiger partial charge in [-0.3, -0.25) is 0 Å². The van der Waals surface area contributed by atoms with Gasteiger partial charge >= 0.3 is 5.97 Å².